The van der Waals surface area contributed by atoms with Crippen molar-refractivity contribution in [2.75, 3.05) is 4.90 Å². The molecule has 30 heavy (non-hydrogen) atoms. The molecule has 0 bridgehead atoms. The van der Waals surface area contributed by atoms with E-state index in [9.17, 15) is 18.0 Å². The Morgan fingerprint density at radius 2 is 1.37 bits per heavy atom. The quantitative estimate of drug-likeness (QED) is 0.592. The van der Waals surface area contributed by atoms with Gasteiger partial charge in [-0.2, -0.15) is 0 Å². The number of carbonyl (C=O) groups excluding carboxylic acids is 2. The first-order valence-electron chi connectivity index (χ1n) is 9.15. The zero-order chi connectivity index (χ0) is 21.6. The number of nitrogens with two attached hydrogens (primary N) is 1. The van der Waals surface area contributed by atoms with Gasteiger partial charge in [0.15, 0.2) is 0 Å². The van der Waals surface area contributed by atoms with E-state index in [1.54, 1.807) is 24.3 Å². The third-order valence-electron chi connectivity index (χ3n) is 4.40. The van der Waals surface area contributed by atoms with Gasteiger partial charge in [0.25, 0.3) is 0 Å². The van der Waals surface area contributed by atoms with E-state index in [-0.39, 0.29) is 18.0 Å². The summed E-state index contributed by atoms with van der Waals surface area (Å²) in [7, 11) is -3.78. The smallest absolute Gasteiger partial charge is 0.316 e. The van der Waals surface area contributed by atoms with E-state index in [4.69, 9.17) is 5.14 Å². The number of hydrogen-bond acceptors (Lipinski definition) is 4. The summed E-state index contributed by atoms with van der Waals surface area (Å²) in [6.45, 7) is 0.323. The van der Waals surface area contributed by atoms with Crippen LogP contribution in [0, 0.1) is 0 Å². The predicted octanol–water partition coefficient (Wildman–Crippen LogP) is 2.18. The lowest BCUT2D eigenvalue weighted by atomic mass is 10.2. The molecular formula is C22H21N3O4S. The highest BCUT2D eigenvalue weighted by Crippen LogP contribution is 2.17. The van der Waals surface area contributed by atoms with Gasteiger partial charge < -0.3 is 5.32 Å². The summed E-state index contributed by atoms with van der Waals surface area (Å²) >= 11 is 0. The summed E-state index contributed by atoms with van der Waals surface area (Å²) in [6.07, 6.45) is 0. The average Bonchev–Trinajstić information content (AvgIpc) is 2.76. The highest BCUT2D eigenvalue weighted by atomic mass is 32.2. The molecule has 3 N–H and O–H groups in total. The van der Waals surface area contributed by atoms with Crippen LogP contribution in [0.4, 0.5) is 5.69 Å². The van der Waals surface area contributed by atoms with Gasteiger partial charge in [0.1, 0.15) is 0 Å². The van der Waals surface area contributed by atoms with Crippen molar-refractivity contribution in [3.63, 3.8) is 0 Å². The maximum Gasteiger partial charge on any atom is 0.316 e. The molecule has 0 aromatic heterocycles. The molecule has 8 heteroatoms. The van der Waals surface area contributed by atoms with Crippen molar-refractivity contribution < 1.29 is 18.0 Å². The standard InChI is InChI=1S/C22H21N3O4S/c23-30(28,29)20-13-11-17(12-14-20)15-24-21(26)22(27)25(19-9-5-2-6-10-19)16-18-7-3-1-4-8-18/h1-14H,15-16H2,(H,24,26)(H2,23,28,29). The van der Waals surface area contributed by atoms with Crippen molar-refractivity contribution in [3.05, 3.63) is 96.1 Å². The minimum Gasteiger partial charge on any atom is -0.344 e. The minimum absolute atomic E-state index is 0.0215. The van der Waals surface area contributed by atoms with Gasteiger partial charge in [0, 0.05) is 12.2 Å². The van der Waals surface area contributed by atoms with Crippen LogP contribution in [0.15, 0.2) is 89.8 Å². The van der Waals surface area contributed by atoms with Crippen molar-refractivity contribution in [1.82, 2.24) is 5.32 Å². The molecule has 0 aliphatic rings. The zero-order valence-electron chi connectivity index (χ0n) is 16.1. The van der Waals surface area contributed by atoms with E-state index < -0.39 is 21.8 Å². The second-order valence-corrected chi connectivity index (χ2v) is 8.15. The molecule has 7 nitrogen and oxygen atoms in total. The van der Waals surface area contributed by atoms with Crippen LogP contribution in [0.1, 0.15) is 11.1 Å². The summed E-state index contributed by atoms with van der Waals surface area (Å²) in [4.78, 5) is 26.8. The fraction of sp³-hybridized carbons (Fsp3) is 0.0909. The maximum atomic E-state index is 12.9. The van der Waals surface area contributed by atoms with Gasteiger partial charge in [-0.05, 0) is 35.4 Å². The van der Waals surface area contributed by atoms with Crippen LogP contribution in [0.2, 0.25) is 0 Å². The predicted molar refractivity (Wildman–Crippen MR) is 114 cm³/mol. The summed E-state index contributed by atoms with van der Waals surface area (Å²) in [6, 6.07) is 24.1. The van der Waals surface area contributed by atoms with E-state index in [2.05, 4.69) is 5.32 Å². The molecule has 2 amide bonds. The Labute approximate surface area is 175 Å². The Balaban J connectivity index is 1.71. The number of amides is 2. The molecule has 3 aromatic carbocycles. The molecule has 0 aliphatic carbocycles. The van der Waals surface area contributed by atoms with Crippen molar-refractivity contribution in [1.29, 1.82) is 0 Å². The number of nitrogens with one attached hydrogen (secondary N) is 1. The van der Waals surface area contributed by atoms with Crippen molar-refractivity contribution in [2.24, 2.45) is 5.14 Å². The summed E-state index contributed by atoms with van der Waals surface area (Å²) in [5.41, 5.74) is 2.14. The number of nitrogens with zero attached hydrogens (tertiary/aromatic N) is 1. The molecule has 154 valence electrons. The second-order valence-electron chi connectivity index (χ2n) is 6.58. The monoisotopic (exact) mass is 423 g/mol. The van der Waals surface area contributed by atoms with Gasteiger partial charge in [-0.25, -0.2) is 13.6 Å². The lowest BCUT2D eigenvalue weighted by Crippen LogP contribution is -2.42. The van der Waals surface area contributed by atoms with E-state index in [0.717, 1.165) is 5.56 Å². The van der Waals surface area contributed by atoms with Gasteiger partial charge in [0.2, 0.25) is 10.0 Å². The Hall–Kier alpha value is -3.49. The fourth-order valence-corrected chi connectivity index (χ4v) is 3.35. The number of anilines is 1. The Bertz CT molecular complexity index is 1120. The molecule has 3 rings (SSSR count). The average molecular weight is 423 g/mol. The summed E-state index contributed by atoms with van der Waals surface area (Å²) in [5.74, 6) is -1.45. The molecule has 0 spiro atoms. The largest absolute Gasteiger partial charge is 0.344 e. The topological polar surface area (TPSA) is 110 Å². The van der Waals surface area contributed by atoms with E-state index in [1.165, 1.54) is 29.2 Å². The molecule has 0 heterocycles. The minimum atomic E-state index is -3.78. The lowest BCUT2D eigenvalue weighted by molar-refractivity contribution is -0.137. The molecule has 0 unspecified atom stereocenters. The Kier molecular flexibility index (Phi) is 6.61. The van der Waals surface area contributed by atoms with Crippen LogP contribution in [-0.2, 0) is 32.7 Å². The van der Waals surface area contributed by atoms with Crippen LogP contribution in [0.3, 0.4) is 0 Å². The number of sulfonamides is 1. The van der Waals surface area contributed by atoms with Crippen LogP contribution in [0.25, 0.3) is 0 Å². The fourth-order valence-electron chi connectivity index (χ4n) is 2.83. The van der Waals surface area contributed by atoms with Gasteiger partial charge in [0.05, 0.1) is 11.4 Å². The first kappa shape index (κ1) is 21.2. The number of primary sulfonamides is 1. The zero-order valence-corrected chi connectivity index (χ0v) is 16.9. The van der Waals surface area contributed by atoms with Crippen LogP contribution < -0.4 is 15.4 Å². The SMILES string of the molecule is NS(=O)(=O)c1ccc(CNC(=O)C(=O)N(Cc2ccccc2)c2ccccc2)cc1. The molecule has 0 saturated heterocycles. The number of carbonyl (C=O) groups is 2. The third kappa shape index (κ3) is 5.53. The second kappa shape index (κ2) is 9.34. The van der Waals surface area contributed by atoms with Crippen LogP contribution in [-0.4, -0.2) is 20.2 Å². The Morgan fingerprint density at radius 1 is 0.800 bits per heavy atom. The molecule has 0 saturated carbocycles. The van der Waals surface area contributed by atoms with Crippen LogP contribution in [0.5, 0.6) is 0 Å². The van der Waals surface area contributed by atoms with E-state index >= 15 is 0 Å². The molecule has 3 aromatic rings. The van der Waals surface area contributed by atoms with Crippen molar-refractivity contribution in [2.45, 2.75) is 18.0 Å². The number of para-hydroxylation sites is 1. The van der Waals surface area contributed by atoms with Gasteiger partial charge in [-0.15, -0.1) is 0 Å². The number of benzene rings is 3. The van der Waals surface area contributed by atoms with Gasteiger partial charge in [-0.3, -0.25) is 14.5 Å². The normalized spacial score (nSPS) is 11.0. The van der Waals surface area contributed by atoms with E-state index in [1.807, 2.05) is 36.4 Å². The molecular weight excluding hydrogens is 402 g/mol. The highest BCUT2D eigenvalue weighted by molar-refractivity contribution is 7.89. The first-order valence-corrected chi connectivity index (χ1v) is 10.7. The summed E-state index contributed by atoms with van der Waals surface area (Å²) < 4.78 is 22.6. The number of hydrogen-bond donors (Lipinski definition) is 2. The Morgan fingerprint density at radius 3 is 1.93 bits per heavy atom. The van der Waals surface area contributed by atoms with Gasteiger partial charge >= 0.3 is 11.8 Å². The number of rotatable bonds is 6. The summed E-state index contributed by atoms with van der Waals surface area (Å²) in [5, 5.41) is 7.66. The third-order valence-corrected chi connectivity index (χ3v) is 5.32. The van der Waals surface area contributed by atoms with E-state index in [0.29, 0.717) is 11.3 Å². The first-order chi connectivity index (χ1) is 14.3. The van der Waals surface area contributed by atoms with Crippen molar-refractivity contribution >= 4 is 27.5 Å². The molecule has 0 radical (unpaired) electrons. The van der Waals surface area contributed by atoms with Crippen molar-refractivity contribution in [3.8, 4) is 0 Å². The maximum absolute atomic E-state index is 12.9. The molecule has 0 atom stereocenters. The molecule has 0 aliphatic heterocycles. The highest BCUT2D eigenvalue weighted by Gasteiger charge is 2.23. The van der Waals surface area contributed by atoms with Crippen LogP contribution >= 0.6 is 0 Å². The lowest BCUT2D eigenvalue weighted by Gasteiger charge is -2.22. The molecule has 0 fully saturated rings. The van der Waals surface area contributed by atoms with Gasteiger partial charge in [-0.1, -0.05) is 60.7 Å².